The van der Waals surface area contributed by atoms with Crippen molar-refractivity contribution in [3.8, 4) is 0 Å². The second kappa shape index (κ2) is 7.44. The zero-order valence-electron chi connectivity index (χ0n) is 11.0. The summed E-state index contributed by atoms with van der Waals surface area (Å²) in [7, 11) is -3.91. The minimum atomic E-state index is -4.24. The van der Waals surface area contributed by atoms with Crippen LogP contribution in [0.2, 0.25) is 5.02 Å². The van der Waals surface area contributed by atoms with Crippen LogP contribution in [0.3, 0.4) is 0 Å². The summed E-state index contributed by atoms with van der Waals surface area (Å²) >= 11 is 5.79. The third kappa shape index (κ3) is 6.21. The first kappa shape index (κ1) is 18.2. The van der Waals surface area contributed by atoms with Gasteiger partial charge in [0.1, 0.15) is 4.90 Å². The van der Waals surface area contributed by atoms with E-state index in [1.165, 1.54) is 18.2 Å². The molecule has 0 unspecified atom stereocenters. The van der Waals surface area contributed by atoms with Gasteiger partial charge < -0.3 is 5.11 Å². The van der Waals surface area contributed by atoms with E-state index in [1.807, 2.05) is 0 Å². The van der Waals surface area contributed by atoms with E-state index in [2.05, 4.69) is 4.72 Å². The Balaban J connectivity index is 2.62. The van der Waals surface area contributed by atoms with Crippen molar-refractivity contribution < 1.29 is 26.7 Å². The van der Waals surface area contributed by atoms with Crippen molar-refractivity contribution in [1.82, 2.24) is 4.72 Å². The lowest BCUT2D eigenvalue weighted by Gasteiger charge is -2.10. The Bertz CT molecular complexity index is 576. The number of unbranched alkanes of at least 4 members (excludes halogenated alkanes) is 1. The highest BCUT2D eigenvalue weighted by Crippen LogP contribution is 2.24. The average Bonchev–Trinajstić information content (AvgIpc) is 2.37. The van der Waals surface area contributed by atoms with E-state index in [-0.39, 0.29) is 35.9 Å². The molecule has 2 N–H and O–H groups in total. The van der Waals surface area contributed by atoms with Gasteiger partial charge in [0.05, 0.1) is 11.6 Å². The van der Waals surface area contributed by atoms with Crippen LogP contribution in [0.1, 0.15) is 24.8 Å². The van der Waals surface area contributed by atoms with Gasteiger partial charge in [0.2, 0.25) is 10.0 Å². The van der Waals surface area contributed by atoms with Gasteiger partial charge in [-0.2, -0.15) is 13.2 Å². The summed E-state index contributed by atoms with van der Waals surface area (Å²) in [6, 6.07) is 4.04. The number of rotatable bonds is 7. The largest absolute Gasteiger partial charge is 0.392 e. The van der Waals surface area contributed by atoms with Crippen LogP contribution in [0.5, 0.6) is 0 Å². The zero-order valence-corrected chi connectivity index (χ0v) is 12.5. The number of hydrogen-bond donors (Lipinski definition) is 2. The van der Waals surface area contributed by atoms with Crippen molar-refractivity contribution >= 4 is 21.6 Å². The fourth-order valence-corrected chi connectivity index (χ4v) is 3.21. The molecule has 1 aromatic carbocycles. The SMILES string of the molecule is O=S(=O)(NCCCCC(F)(F)F)c1cc(CO)ccc1Cl. The van der Waals surface area contributed by atoms with Crippen molar-refractivity contribution in [3.05, 3.63) is 28.8 Å². The molecular weight excluding hydrogens is 331 g/mol. The second-order valence-corrected chi connectivity index (χ2v) is 6.54. The van der Waals surface area contributed by atoms with E-state index in [9.17, 15) is 21.6 Å². The van der Waals surface area contributed by atoms with Gasteiger partial charge in [0.25, 0.3) is 0 Å². The first-order chi connectivity index (χ1) is 9.65. The van der Waals surface area contributed by atoms with E-state index in [0.29, 0.717) is 5.56 Å². The number of aliphatic hydroxyl groups is 1. The Labute approximate surface area is 126 Å². The van der Waals surface area contributed by atoms with Gasteiger partial charge in [0, 0.05) is 13.0 Å². The van der Waals surface area contributed by atoms with Crippen molar-refractivity contribution in [1.29, 1.82) is 0 Å². The highest BCUT2D eigenvalue weighted by atomic mass is 35.5. The van der Waals surface area contributed by atoms with Gasteiger partial charge >= 0.3 is 6.18 Å². The van der Waals surface area contributed by atoms with Gasteiger partial charge in [-0.25, -0.2) is 13.1 Å². The number of hydrogen-bond acceptors (Lipinski definition) is 3. The monoisotopic (exact) mass is 345 g/mol. The smallest absolute Gasteiger partial charge is 0.389 e. The van der Waals surface area contributed by atoms with E-state index < -0.39 is 22.6 Å². The Morgan fingerprint density at radius 1 is 1.24 bits per heavy atom. The van der Waals surface area contributed by atoms with E-state index in [0.717, 1.165) is 0 Å². The summed E-state index contributed by atoms with van der Waals surface area (Å²) in [6.45, 7) is -0.455. The van der Waals surface area contributed by atoms with E-state index >= 15 is 0 Å². The lowest BCUT2D eigenvalue weighted by atomic mass is 10.2. The van der Waals surface area contributed by atoms with Crippen molar-refractivity contribution in [3.63, 3.8) is 0 Å². The second-order valence-electron chi connectivity index (χ2n) is 4.39. The predicted molar refractivity (Wildman–Crippen MR) is 72.5 cm³/mol. The molecule has 4 nitrogen and oxygen atoms in total. The maximum absolute atomic E-state index is 12.0. The summed E-state index contributed by atoms with van der Waals surface area (Å²) in [5.74, 6) is 0. The molecule has 0 aromatic heterocycles. The maximum Gasteiger partial charge on any atom is 0.389 e. The molecule has 120 valence electrons. The summed E-state index contributed by atoms with van der Waals surface area (Å²) in [4.78, 5) is -0.202. The predicted octanol–water partition coefficient (Wildman–Crippen LogP) is 2.84. The minimum absolute atomic E-state index is 0.0185. The maximum atomic E-state index is 12.0. The molecule has 21 heavy (non-hydrogen) atoms. The molecule has 0 aliphatic carbocycles. The molecule has 0 heterocycles. The third-order valence-corrected chi connectivity index (χ3v) is 4.59. The Morgan fingerprint density at radius 2 is 1.90 bits per heavy atom. The van der Waals surface area contributed by atoms with Crippen LogP contribution in [0, 0.1) is 0 Å². The van der Waals surface area contributed by atoms with Gasteiger partial charge in [-0.15, -0.1) is 0 Å². The highest BCUT2D eigenvalue weighted by Gasteiger charge is 2.26. The van der Waals surface area contributed by atoms with Gasteiger partial charge in [0.15, 0.2) is 0 Å². The van der Waals surface area contributed by atoms with Crippen LogP contribution < -0.4 is 4.72 Å². The van der Waals surface area contributed by atoms with Crippen LogP contribution in [0.15, 0.2) is 23.1 Å². The quantitative estimate of drug-likeness (QED) is 0.747. The molecule has 1 rings (SSSR count). The molecule has 0 radical (unpaired) electrons. The number of sulfonamides is 1. The first-order valence-electron chi connectivity index (χ1n) is 6.11. The molecule has 0 aliphatic heterocycles. The minimum Gasteiger partial charge on any atom is -0.392 e. The fraction of sp³-hybridized carbons (Fsp3) is 0.500. The molecule has 0 spiro atoms. The number of alkyl halides is 3. The van der Waals surface area contributed by atoms with Crippen molar-refractivity contribution in [2.45, 2.75) is 36.9 Å². The molecule has 0 fully saturated rings. The van der Waals surface area contributed by atoms with Gasteiger partial charge in [-0.05, 0) is 30.5 Å². The summed E-state index contributed by atoms with van der Waals surface area (Å²) < 4.78 is 62.0. The molecule has 1 aromatic rings. The molecule has 0 bridgehead atoms. The topological polar surface area (TPSA) is 66.4 Å². The molecule has 0 saturated heterocycles. The van der Waals surface area contributed by atoms with Crippen LogP contribution in [-0.2, 0) is 16.6 Å². The fourth-order valence-electron chi connectivity index (χ4n) is 1.59. The molecule has 0 aliphatic rings. The number of aliphatic hydroxyl groups excluding tert-OH is 1. The average molecular weight is 346 g/mol. The molecular formula is C12H15ClF3NO3S. The van der Waals surface area contributed by atoms with Crippen LogP contribution >= 0.6 is 11.6 Å². The summed E-state index contributed by atoms with van der Waals surface area (Å²) in [6.07, 6.45) is -5.28. The molecule has 0 amide bonds. The summed E-state index contributed by atoms with van der Waals surface area (Å²) in [5, 5.41) is 8.96. The molecule has 9 heteroatoms. The third-order valence-electron chi connectivity index (χ3n) is 2.65. The Morgan fingerprint density at radius 3 is 2.48 bits per heavy atom. The van der Waals surface area contributed by atoms with Crippen LogP contribution in [-0.4, -0.2) is 26.2 Å². The van der Waals surface area contributed by atoms with Crippen molar-refractivity contribution in [2.75, 3.05) is 6.54 Å². The highest BCUT2D eigenvalue weighted by molar-refractivity contribution is 7.89. The van der Waals surface area contributed by atoms with E-state index in [4.69, 9.17) is 16.7 Å². The van der Waals surface area contributed by atoms with Gasteiger partial charge in [-0.1, -0.05) is 17.7 Å². The first-order valence-corrected chi connectivity index (χ1v) is 7.97. The molecule has 0 atom stereocenters. The van der Waals surface area contributed by atoms with Crippen LogP contribution in [0.25, 0.3) is 0 Å². The van der Waals surface area contributed by atoms with Crippen LogP contribution in [0.4, 0.5) is 13.2 Å². The lowest BCUT2D eigenvalue weighted by molar-refractivity contribution is -0.135. The molecule has 0 saturated carbocycles. The number of nitrogens with one attached hydrogen (secondary N) is 1. The Hall–Kier alpha value is -0.830. The van der Waals surface area contributed by atoms with E-state index in [1.54, 1.807) is 0 Å². The lowest BCUT2D eigenvalue weighted by Crippen LogP contribution is -2.25. The van der Waals surface area contributed by atoms with Crippen molar-refractivity contribution in [2.24, 2.45) is 0 Å². The summed E-state index contributed by atoms with van der Waals surface area (Å²) in [5.41, 5.74) is 0.372. The Kier molecular flexibility index (Phi) is 6.45. The normalized spacial score (nSPS) is 12.6. The standard InChI is InChI=1S/C12H15ClF3NO3S/c13-10-4-3-9(8-18)7-11(10)21(19,20)17-6-2-1-5-12(14,15)16/h3-4,7,17-18H,1-2,5-6,8H2. The number of benzene rings is 1. The van der Waals surface area contributed by atoms with Gasteiger partial charge in [-0.3, -0.25) is 0 Å². The zero-order chi connectivity index (χ0) is 16.1. The number of halogens is 4.